The third-order valence-electron chi connectivity index (χ3n) is 3.09. The van der Waals surface area contributed by atoms with E-state index in [1.54, 1.807) is 19.2 Å². The molecule has 1 unspecified atom stereocenters. The van der Waals surface area contributed by atoms with Crippen molar-refractivity contribution in [1.82, 2.24) is 0 Å². The predicted octanol–water partition coefficient (Wildman–Crippen LogP) is 4.01. The minimum atomic E-state index is -0.676. The Labute approximate surface area is 126 Å². The number of benzene rings is 2. The van der Waals surface area contributed by atoms with E-state index in [9.17, 15) is 9.50 Å². The molecule has 2 nitrogen and oxygen atoms in total. The molecule has 1 atom stereocenters. The quantitative estimate of drug-likeness (QED) is 0.892. The van der Waals surface area contributed by atoms with Crippen LogP contribution in [0.15, 0.2) is 46.9 Å². The van der Waals surface area contributed by atoms with Gasteiger partial charge in [0, 0.05) is 13.5 Å². The Bertz CT molecular complexity index is 586. The summed E-state index contributed by atoms with van der Waals surface area (Å²) >= 11 is 3.21. The second-order valence-corrected chi connectivity index (χ2v) is 5.40. The van der Waals surface area contributed by atoms with Gasteiger partial charge in [-0.1, -0.05) is 36.4 Å². The Hall–Kier alpha value is -1.23. The third kappa shape index (κ3) is 3.66. The highest BCUT2D eigenvalue weighted by atomic mass is 79.9. The van der Waals surface area contributed by atoms with Gasteiger partial charge >= 0.3 is 0 Å². The van der Waals surface area contributed by atoms with Crippen molar-refractivity contribution >= 4 is 15.9 Å². The smallest absolute Gasteiger partial charge is 0.137 e. The number of rotatable bonds is 5. The molecule has 0 fully saturated rings. The number of aliphatic hydroxyl groups excluding tert-OH is 1. The van der Waals surface area contributed by atoms with Crippen molar-refractivity contribution in [3.8, 4) is 0 Å². The van der Waals surface area contributed by atoms with Crippen molar-refractivity contribution in [1.29, 1.82) is 0 Å². The molecule has 1 N–H and O–H groups in total. The number of halogens is 2. The van der Waals surface area contributed by atoms with Gasteiger partial charge in [-0.05, 0) is 38.7 Å². The Morgan fingerprint density at radius 2 is 2.00 bits per heavy atom. The monoisotopic (exact) mass is 338 g/mol. The fourth-order valence-electron chi connectivity index (χ4n) is 2.09. The van der Waals surface area contributed by atoms with Crippen LogP contribution in [0.5, 0.6) is 0 Å². The van der Waals surface area contributed by atoms with Crippen molar-refractivity contribution in [3.63, 3.8) is 0 Å². The Morgan fingerprint density at radius 3 is 2.75 bits per heavy atom. The van der Waals surface area contributed by atoms with Crippen LogP contribution in [0.3, 0.4) is 0 Å². The number of ether oxygens (including phenoxy) is 1. The van der Waals surface area contributed by atoms with Crippen LogP contribution < -0.4 is 0 Å². The van der Waals surface area contributed by atoms with E-state index in [0.717, 1.165) is 16.7 Å². The van der Waals surface area contributed by atoms with E-state index in [-0.39, 0.29) is 5.82 Å². The van der Waals surface area contributed by atoms with Gasteiger partial charge in [-0.15, -0.1) is 0 Å². The number of hydrogen-bond donors (Lipinski definition) is 1. The Kier molecular flexibility index (Phi) is 5.29. The van der Waals surface area contributed by atoms with Crippen molar-refractivity contribution < 1.29 is 14.2 Å². The maximum absolute atomic E-state index is 13.5. The summed E-state index contributed by atoms with van der Waals surface area (Å²) < 4.78 is 18.9. The zero-order valence-corrected chi connectivity index (χ0v) is 12.7. The molecular formula is C16H16BrFO2. The van der Waals surface area contributed by atoms with E-state index in [1.807, 2.05) is 24.3 Å². The highest BCUT2D eigenvalue weighted by Crippen LogP contribution is 2.26. The van der Waals surface area contributed by atoms with Gasteiger partial charge in [-0.2, -0.15) is 0 Å². The van der Waals surface area contributed by atoms with Gasteiger partial charge in [-0.25, -0.2) is 4.39 Å². The van der Waals surface area contributed by atoms with Gasteiger partial charge in [0.25, 0.3) is 0 Å². The van der Waals surface area contributed by atoms with E-state index >= 15 is 0 Å². The van der Waals surface area contributed by atoms with Crippen LogP contribution in [0.25, 0.3) is 0 Å². The molecule has 0 amide bonds. The van der Waals surface area contributed by atoms with E-state index in [2.05, 4.69) is 15.9 Å². The lowest BCUT2D eigenvalue weighted by atomic mass is 10.00. The van der Waals surface area contributed by atoms with E-state index in [0.29, 0.717) is 17.5 Å². The van der Waals surface area contributed by atoms with Gasteiger partial charge in [0.2, 0.25) is 0 Å². The van der Waals surface area contributed by atoms with Gasteiger partial charge in [0.1, 0.15) is 5.82 Å². The predicted molar refractivity (Wildman–Crippen MR) is 79.9 cm³/mol. The molecular weight excluding hydrogens is 323 g/mol. The average Bonchev–Trinajstić information content (AvgIpc) is 2.44. The van der Waals surface area contributed by atoms with E-state index in [4.69, 9.17) is 4.74 Å². The summed E-state index contributed by atoms with van der Waals surface area (Å²) in [6.45, 7) is 0.504. The zero-order valence-electron chi connectivity index (χ0n) is 11.1. The first-order valence-electron chi connectivity index (χ1n) is 6.30. The molecule has 0 aromatic heterocycles. The van der Waals surface area contributed by atoms with Crippen molar-refractivity contribution in [2.24, 2.45) is 0 Å². The van der Waals surface area contributed by atoms with Gasteiger partial charge in [0.05, 0.1) is 17.2 Å². The second-order valence-electron chi connectivity index (χ2n) is 4.61. The van der Waals surface area contributed by atoms with E-state index in [1.165, 1.54) is 6.07 Å². The second kappa shape index (κ2) is 6.97. The maximum atomic E-state index is 13.5. The molecule has 4 heteroatoms. The standard InChI is InChI=1S/C16H16BrFO2/c1-20-10-11-4-2-5-12(8-11)15(19)9-13-6-3-7-14(18)16(13)17/h2-8,15,19H,9-10H2,1H3. The van der Waals surface area contributed by atoms with Gasteiger partial charge in [0.15, 0.2) is 0 Å². The molecule has 0 spiro atoms. The summed E-state index contributed by atoms with van der Waals surface area (Å²) in [5, 5.41) is 10.3. The largest absolute Gasteiger partial charge is 0.388 e. The summed E-state index contributed by atoms with van der Waals surface area (Å²) in [6.07, 6.45) is -0.320. The van der Waals surface area contributed by atoms with E-state index < -0.39 is 6.10 Å². The molecule has 0 aliphatic carbocycles. The van der Waals surface area contributed by atoms with Crippen molar-refractivity contribution in [2.75, 3.05) is 7.11 Å². The fraction of sp³-hybridized carbons (Fsp3) is 0.250. The zero-order chi connectivity index (χ0) is 14.5. The Morgan fingerprint density at radius 1 is 1.25 bits per heavy atom. The molecule has 0 bridgehead atoms. The molecule has 0 heterocycles. The molecule has 0 saturated heterocycles. The highest BCUT2D eigenvalue weighted by Gasteiger charge is 2.13. The lowest BCUT2D eigenvalue weighted by Gasteiger charge is -2.13. The lowest BCUT2D eigenvalue weighted by molar-refractivity contribution is 0.175. The maximum Gasteiger partial charge on any atom is 0.137 e. The third-order valence-corrected chi connectivity index (χ3v) is 3.98. The summed E-state index contributed by atoms with van der Waals surface area (Å²) in [7, 11) is 1.63. The lowest BCUT2D eigenvalue weighted by Crippen LogP contribution is -2.04. The van der Waals surface area contributed by atoms with Gasteiger partial charge in [-0.3, -0.25) is 0 Å². The first-order chi connectivity index (χ1) is 9.61. The molecule has 2 rings (SSSR count). The van der Waals surface area contributed by atoms with Crippen LogP contribution in [-0.2, 0) is 17.8 Å². The van der Waals surface area contributed by atoms with Crippen LogP contribution >= 0.6 is 15.9 Å². The molecule has 0 radical (unpaired) electrons. The normalized spacial score (nSPS) is 12.4. The van der Waals surface area contributed by atoms with Crippen LogP contribution in [0.1, 0.15) is 22.8 Å². The fourth-order valence-corrected chi connectivity index (χ4v) is 2.52. The molecule has 0 aliphatic rings. The average molecular weight is 339 g/mol. The minimum absolute atomic E-state index is 0.317. The summed E-state index contributed by atoms with van der Waals surface area (Å²) in [5.41, 5.74) is 2.55. The summed E-state index contributed by atoms with van der Waals surface area (Å²) in [5.74, 6) is -0.317. The van der Waals surface area contributed by atoms with Crippen LogP contribution in [0.2, 0.25) is 0 Å². The first kappa shape index (κ1) is 15.2. The molecule has 2 aromatic carbocycles. The van der Waals surface area contributed by atoms with Gasteiger partial charge < -0.3 is 9.84 Å². The summed E-state index contributed by atoms with van der Waals surface area (Å²) in [4.78, 5) is 0. The molecule has 0 aliphatic heterocycles. The Balaban J connectivity index is 2.17. The first-order valence-corrected chi connectivity index (χ1v) is 7.10. The SMILES string of the molecule is COCc1cccc(C(O)Cc2cccc(F)c2Br)c1. The van der Waals surface area contributed by atoms with Crippen molar-refractivity contribution in [3.05, 3.63) is 69.4 Å². The van der Waals surface area contributed by atoms with Crippen LogP contribution in [0.4, 0.5) is 4.39 Å². The van der Waals surface area contributed by atoms with Crippen molar-refractivity contribution in [2.45, 2.75) is 19.1 Å². The number of aliphatic hydroxyl groups is 1. The molecule has 0 saturated carbocycles. The molecule has 20 heavy (non-hydrogen) atoms. The molecule has 2 aromatic rings. The molecule has 106 valence electrons. The number of hydrogen-bond acceptors (Lipinski definition) is 2. The summed E-state index contributed by atoms with van der Waals surface area (Å²) in [6, 6.07) is 12.4. The highest BCUT2D eigenvalue weighted by molar-refractivity contribution is 9.10. The minimum Gasteiger partial charge on any atom is -0.388 e. The number of methoxy groups -OCH3 is 1. The topological polar surface area (TPSA) is 29.5 Å². The van der Waals surface area contributed by atoms with Crippen LogP contribution in [-0.4, -0.2) is 12.2 Å². The van der Waals surface area contributed by atoms with Crippen LogP contribution in [0, 0.1) is 5.82 Å².